The number of nitrogens with zero attached hydrogens (tertiary/aromatic N) is 2. The van der Waals surface area contributed by atoms with Crippen molar-refractivity contribution in [1.82, 2.24) is 0 Å². The lowest BCUT2D eigenvalue weighted by Gasteiger charge is -2.15. The Labute approximate surface area is 95.9 Å². The van der Waals surface area contributed by atoms with Crippen LogP contribution in [0.2, 0.25) is 0 Å². The molecule has 0 bridgehead atoms. The highest BCUT2D eigenvalue weighted by Crippen LogP contribution is 1.95. The Balaban J connectivity index is 0. The van der Waals surface area contributed by atoms with E-state index in [1.54, 1.807) is 0 Å². The van der Waals surface area contributed by atoms with E-state index in [0.717, 1.165) is 0 Å². The number of hydrogen-bond acceptors (Lipinski definition) is 6. The maximum atomic E-state index is 7.75. The summed E-state index contributed by atoms with van der Waals surface area (Å²) < 4.78 is 15.2. The third kappa shape index (κ3) is 12.6. The van der Waals surface area contributed by atoms with Gasteiger partial charge in [0.05, 0.1) is 0 Å². The summed E-state index contributed by atoms with van der Waals surface area (Å²) >= 11 is 0. The van der Waals surface area contributed by atoms with Crippen molar-refractivity contribution >= 4 is 5.84 Å². The van der Waals surface area contributed by atoms with E-state index in [-0.39, 0.29) is 5.84 Å². The molecular formula is C9H20N4O3. The first kappa shape index (κ1) is 17.0. The maximum Gasteiger partial charge on any atom is 0.271 e. The second-order valence-corrected chi connectivity index (χ2v) is 2.28. The maximum absolute atomic E-state index is 7.75. The van der Waals surface area contributed by atoms with Gasteiger partial charge in [0.2, 0.25) is 5.84 Å². The van der Waals surface area contributed by atoms with E-state index in [0.29, 0.717) is 19.8 Å². The second-order valence-electron chi connectivity index (χ2n) is 2.28. The molecule has 0 saturated carbocycles. The lowest BCUT2D eigenvalue weighted by molar-refractivity contribution is -0.282. The summed E-state index contributed by atoms with van der Waals surface area (Å²) in [5.41, 5.74) is 4.74. The molecular weight excluding hydrogens is 212 g/mol. The fourth-order valence-electron chi connectivity index (χ4n) is 0.581. The number of nitrogens with two attached hydrogens (primary N) is 2. The summed E-state index contributed by atoms with van der Waals surface area (Å²) in [4.78, 5) is 0. The molecule has 7 nitrogen and oxygen atoms in total. The SMILES string of the molecule is CCOC(OCC)OCC.N#CC(N)=NN. The molecule has 0 rings (SSSR count). The zero-order chi connectivity index (χ0) is 12.8. The van der Waals surface area contributed by atoms with Crippen molar-refractivity contribution < 1.29 is 14.2 Å². The molecule has 7 heteroatoms. The average Bonchev–Trinajstić information content (AvgIpc) is 2.30. The Hall–Kier alpha value is -1.36. The van der Waals surface area contributed by atoms with E-state index in [1.807, 2.05) is 20.8 Å². The number of amidine groups is 1. The van der Waals surface area contributed by atoms with Crippen molar-refractivity contribution in [2.75, 3.05) is 19.8 Å². The lowest BCUT2D eigenvalue weighted by Crippen LogP contribution is -2.20. The van der Waals surface area contributed by atoms with Crippen LogP contribution < -0.4 is 11.6 Å². The lowest BCUT2D eigenvalue weighted by atomic mass is 10.7. The van der Waals surface area contributed by atoms with Gasteiger partial charge in [-0.1, -0.05) is 0 Å². The van der Waals surface area contributed by atoms with Crippen LogP contribution in [0.4, 0.5) is 0 Å². The summed E-state index contributed by atoms with van der Waals surface area (Å²) in [6.07, 6.45) is 0. The zero-order valence-electron chi connectivity index (χ0n) is 9.97. The first-order valence-corrected chi connectivity index (χ1v) is 4.94. The highest BCUT2D eigenvalue weighted by Gasteiger charge is 2.04. The molecule has 0 atom stereocenters. The first-order chi connectivity index (χ1) is 7.65. The minimum Gasteiger partial charge on any atom is -0.374 e. The molecule has 0 unspecified atom stereocenters. The number of hydrogen-bond donors (Lipinski definition) is 2. The molecule has 0 saturated heterocycles. The van der Waals surface area contributed by atoms with E-state index in [4.69, 9.17) is 25.2 Å². The van der Waals surface area contributed by atoms with Crippen LogP contribution in [0, 0.1) is 11.3 Å². The van der Waals surface area contributed by atoms with Crippen LogP contribution >= 0.6 is 0 Å². The molecule has 0 aromatic rings. The largest absolute Gasteiger partial charge is 0.374 e. The topological polar surface area (TPSA) is 116 Å². The molecule has 0 radical (unpaired) electrons. The van der Waals surface area contributed by atoms with Gasteiger partial charge in [-0.3, -0.25) is 0 Å². The molecule has 0 aromatic heterocycles. The Morgan fingerprint density at radius 3 is 1.69 bits per heavy atom. The fourth-order valence-corrected chi connectivity index (χ4v) is 0.581. The van der Waals surface area contributed by atoms with Gasteiger partial charge in [-0.25, -0.2) is 0 Å². The van der Waals surface area contributed by atoms with Crippen molar-refractivity contribution in [3.63, 3.8) is 0 Å². The van der Waals surface area contributed by atoms with Gasteiger partial charge in [0, 0.05) is 19.8 Å². The summed E-state index contributed by atoms with van der Waals surface area (Å²) in [6.45, 7) is 7.10. The van der Waals surface area contributed by atoms with Crippen molar-refractivity contribution in [2.45, 2.75) is 27.2 Å². The normalized spacial score (nSPS) is 10.6. The minimum atomic E-state index is -0.472. The Bertz CT molecular complexity index is 201. The molecule has 0 aliphatic heterocycles. The Morgan fingerprint density at radius 1 is 1.19 bits per heavy atom. The summed E-state index contributed by atoms with van der Waals surface area (Å²) in [5.74, 6) is 4.32. The van der Waals surface area contributed by atoms with Gasteiger partial charge in [-0.15, -0.1) is 0 Å². The summed E-state index contributed by atoms with van der Waals surface area (Å²) in [6, 6.07) is 1.52. The van der Waals surface area contributed by atoms with Crippen LogP contribution in [-0.4, -0.2) is 32.1 Å². The molecule has 4 N–H and O–H groups in total. The van der Waals surface area contributed by atoms with Crippen LogP contribution in [0.3, 0.4) is 0 Å². The number of hydrazone groups is 1. The Kier molecular flexibility index (Phi) is 14.5. The molecule has 0 heterocycles. The van der Waals surface area contributed by atoms with E-state index < -0.39 is 6.48 Å². The summed E-state index contributed by atoms with van der Waals surface area (Å²) in [5, 5.41) is 10.6. The Morgan fingerprint density at radius 2 is 1.56 bits per heavy atom. The predicted octanol–water partition coefficient (Wildman–Crippen LogP) is 0.120. The smallest absolute Gasteiger partial charge is 0.271 e. The van der Waals surface area contributed by atoms with E-state index in [9.17, 15) is 0 Å². The third-order valence-electron chi connectivity index (χ3n) is 1.16. The molecule has 0 aromatic carbocycles. The first-order valence-electron chi connectivity index (χ1n) is 4.94. The quantitative estimate of drug-likeness (QED) is 0.221. The average molecular weight is 232 g/mol. The van der Waals surface area contributed by atoms with Gasteiger partial charge < -0.3 is 25.8 Å². The second kappa shape index (κ2) is 13.6. The molecule has 0 amide bonds. The summed E-state index contributed by atoms with van der Waals surface area (Å²) in [7, 11) is 0. The van der Waals surface area contributed by atoms with Crippen LogP contribution in [0.25, 0.3) is 0 Å². The fraction of sp³-hybridized carbons (Fsp3) is 0.778. The predicted molar refractivity (Wildman–Crippen MR) is 60.1 cm³/mol. The van der Waals surface area contributed by atoms with Gasteiger partial charge in [-0.05, 0) is 20.8 Å². The molecule has 94 valence electrons. The van der Waals surface area contributed by atoms with E-state index in [2.05, 4.69) is 10.9 Å². The van der Waals surface area contributed by atoms with Crippen LogP contribution in [0.5, 0.6) is 0 Å². The van der Waals surface area contributed by atoms with Crippen molar-refractivity contribution in [3.05, 3.63) is 0 Å². The molecule has 0 aliphatic carbocycles. The standard InChI is InChI=1S/C7H16O3.C2H4N4/c1-4-8-7(9-5-2)10-6-3;3-1-2(4)6-5/h7H,4-6H2,1-3H3;5H2,(H2,4,6). The number of ether oxygens (including phenoxy) is 3. The highest BCUT2D eigenvalue weighted by molar-refractivity contribution is 5.94. The van der Waals surface area contributed by atoms with Gasteiger partial charge in [0.1, 0.15) is 6.07 Å². The highest BCUT2D eigenvalue weighted by atomic mass is 16.8. The van der Waals surface area contributed by atoms with Crippen LogP contribution in [0.15, 0.2) is 5.10 Å². The number of rotatable bonds is 6. The van der Waals surface area contributed by atoms with Gasteiger partial charge in [-0.2, -0.15) is 10.4 Å². The van der Waals surface area contributed by atoms with Crippen molar-refractivity contribution in [1.29, 1.82) is 5.26 Å². The number of nitriles is 1. The zero-order valence-corrected chi connectivity index (χ0v) is 9.97. The van der Waals surface area contributed by atoms with Crippen LogP contribution in [-0.2, 0) is 14.2 Å². The molecule has 0 fully saturated rings. The van der Waals surface area contributed by atoms with E-state index >= 15 is 0 Å². The monoisotopic (exact) mass is 232 g/mol. The van der Waals surface area contributed by atoms with Crippen molar-refractivity contribution in [2.24, 2.45) is 16.7 Å². The molecule has 0 aliphatic rings. The van der Waals surface area contributed by atoms with Gasteiger partial charge in [0.15, 0.2) is 0 Å². The minimum absolute atomic E-state index is 0.199. The third-order valence-corrected chi connectivity index (χ3v) is 1.16. The van der Waals surface area contributed by atoms with Gasteiger partial charge in [0.25, 0.3) is 6.48 Å². The molecule has 16 heavy (non-hydrogen) atoms. The van der Waals surface area contributed by atoms with Crippen LogP contribution in [0.1, 0.15) is 20.8 Å². The van der Waals surface area contributed by atoms with Crippen molar-refractivity contribution in [3.8, 4) is 6.07 Å². The van der Waals surface area contributed by atoms with Gasteiger partial charge >= 0.3 is 0 Å². The van der Waals surface area contributed by atoms with E-state index in [1.165, 1.54) is 6.07 Å². The molecule has 0 spiro atoms.